The van der Waals surface area contributed by atoms with Gasteiger partial charge in [0.15, 0.2) is 0 Å². The predicted molar refractivity (Wildman–Crippen MR) is 73.7 cm³/mol. The average Bonchev–Trinajstić information content (AvgIpc) is 2.46. The van der Waals surface area contributed by atoms with E-state index in [2.05, 4.69) is 0 Å². The maximum Gasteiger partial charge on any atom is 0.309 e. The summed E-state index contributed by atoms with van der Waals surface area (Å²) in [6, 6.07) is 0. The molecule has 0 bridgehead atoms. The van der Waals surface area contributed by atoms with Crippen LogP contribution < -0.4 is 0 Å². The molecule has 1 aliphatic rings. The van der Waals surface area contributed by atoms with Gasteiger partial charge in [0, 0.05) is 0 Å². The lowest BCUT2D eigenvalue weighted by Crippen LogP contribution is -2.61. The van der Waals surface area contributed by atoms with Crippen molar-refractivity contribution in [3.8, 4) is 0 Å². The van der Waals surface area contributed by atoms with Crippen molar-refractivity contribution in [2.45, 2.75) is 69.5 Å². The van der Waals surface area contributed by atoms with Gasteiger partial charge in [-0.15, -0.1) is 0 Å². The number of hydrogen-bond acceptors (Lipinski definition) is 6. The molecule has 0 radical (unpaired) electrons. The van der Waals surface area contributed by atoms with E-state index in [0.29, 0.717) is 12.8 Å². The lowest BCUT2D eigenvalue weighted by atomic mass is 9.85. The van der Waals surface area contributed by atoms with E-state index in [4.69, 9.17) is 9.84 Å². The third-order valence-corrected chi connectivity index (χ3v) is 4.01. The van der Waals surface area contributed by atoms with Crippen LogP contribution in [0.3, 0.4) is 0 Å². The monoisotopic (exact) mass is 306 g/mol. The van der Waals surface area contributed by atoms with Crippen LogP contribution in [0.2, 0.25) is 0 Å². The van der Waals surface area contributed by atoms with E-state index in [1.807, 2.05) is 6.92 Å². The first-order valence-corrected chi connectivity index (χ1v) is 7.47. The van der Waals surface area contributed by atoms with Gasteiger partial charge in [-0.25, -0.2) is 0 Å². The Morgan fingerprint density at radius 1 is 1.10 bits per heavy atom. The summed E-state index contributed by atoms with van der Waals surface area (Å²) in [5.74, 6) is -2.09. The highest BCUT2D eigenvalue weighted by atomic mass is 16.5. The first kappa shape index (κ1) is 18.3. The summed E-state index contributed by atoms with van der Waals surface area (Å²) in [6.07, 6.45) is -2.77. The number of aliphatic carboxylic acids is 1. The number of aliphatic hydroxyl groups excluding tert-OH is 4. The summed E-state index contributed by atoms with van der Waals surface area (Å²) >= 11 is 0. The summed E-state index contributed by atoms with van der Waals surface area (Å²) in [4.78, 5) is 11.4. The highest BCUT2D eigenvalue weighted by Crippen LogP contribution is 2.29. The average molecular weight is 306 g/mol. The normalized spacial score (nSPS) is 34.6. The lowest BCUT2D eigenvalue weighted by molar-refractivity contribution is -0.242. The molecular weight excluding hydrogens is 280 g/mol. The molecule has 0 aromatic heterocycles. The molecule has 0 saturated carbocycles. The van der Waals surface area contributed by atoms with Crippen molar-refractivity contribution in [1.82, 2.24) is 0 Å². The molecule has 0 aromatic carbocycles. The van der Waals surface area contributed by atoms with Crippen molar-refractivity contribution in [2.24, 2.45) is 5.92 Å². The van der Waals surface area contributed by atoms with Gasteiger partial charge in [-0.2, -0.15) is 0 Å². The van der Waals surface area contributed by atoms with Crippen LogP contribution in [0.5, 0.6) is 0 Å². The summed E-state index contributed by atoms with van der Waals surface area (Å²) in [7, 11) is 0. The van der Waals surface area contributed by atoms with E-state index in [0.717, 1.165) is 19.3 Å². The summed E-state index contributed by atoms with van der Waals surface area (Å²) in [5.41, 5.74) is 0. The highest BCUT2D eigenvalue weighted by molar-refractivity contribution is 5.70. The smallest absolute Gasteiger partial charge is 0.309 e. The second-order valence-corrected chi connectivity index (χ2v) is 5.59. The van der Waals surface area contributed by atoms with Crippen LogP contribution in [-0.2, 0) is 9.53 Å². The van der Waals surface area contributed by atoms with Gasteiger partial charge >= 0.3 is 5.97 Å². The number of hydrogen-bond donors (Lipinski definition) is 5. The second kappa shape index (κ2) is 8.65. The molecule has 21 heavy (non-hydrogen) atoms. The number of ether oxygens (including phenoxy) is 1. The molecule has 1 saturated heterocycles. The van der Waals surface area contributed by atoms with Gasteiger partial charge in [0.2, 0.25) is 0 Å². The van der Waals surface area contributed by atoms with Crippen LogP contribution in [0.1, 0.15) is 39.0 Å². The zero-order valence-corrected chi connectivity index (χ0v) is 12.3. The topological polar surface area (TPSA) is 127 Å². The number of unbranched alkanes of at least 4 members (excludes halogenated alkanes) is 3. The molecule has 7 heteroatoms. The molecule has 1 aliphatic heterocycles. The van der Waals surface area contributed by atoms with Gasteiger partial charge in [0.1, 0.15) is 24.4 Å². The van der Waals surface area contributed by atoms with Gasteiger partial charge in [0.05, 0.1) is 18.6 Å². The number of carbonyl (C=O) groups is 1. The minimum absolute atomic E-state index is 0.317. The number of carboxylic acid groups (broad SMARTS) is 1. The quantitative estimate of drug-likeness (QED) is 0.382. The Morgan fingerprint density at radius 2 is 1.76 bits per heavy atom. The Morgan fingerprint density at radius 3 is 2.29 bits per heavy atom. The third kappa shape index (κ3) is 4.62. The molecule has 1 fully saturated rings. The highest BCUT2D eigenvalue weighted by Gasteiger charge is 2.47. The first-order chi connectivity index (χ1) is 9.93. The van der Waals surface area contributed by atoms with Crippen molar-refractivity contribution < 1.29 is 35.1 Å². The third-order valence-electron chi connectivity index (χ3n) is 4.01. The maximum absolute atomic E-state index is 11.4. The van der Waals surface area contributed by atoms with Crippen LogP contribution in [0.15, 0.2) is 0 Å². The van der Waals surface area contributed by atoms with Crippen molar-refractivity contribution in [3.05, 3.63) is 0 Å². The molecule has 5 N–H and O–H groups in total. The van der Waals surface area contributed by atoms with E-state index in [1.165, 1.54) is 0 Å². The van der Waals surface area contributed by atoms with Crippen LogP contribution >= 0.6 is 0 Å². The Labute approximate surface area is 124 Å². The zero-order chi connectivity index (χ0) is 16.0. The van der Waals surface area contributed by atoms with Gasteiger partial charge < -0.3 is 30.3 Å². The van der Waals surface area contributed by atoms with E-state index in [9.17, 15) is 25.2 Å². The predicted octanol–water partition coefficient (Wildman–Crippen LogP) is -0.500. The fourth-order valence-corrected chi connectivity index (χ4v) is 2.68. The van der Waals surface area contributed by atoms with E-state index in [-0.39, 0.29) is 0 Å². The lowest BCUT2D eigenvalue weighted by Gasteiger charge is -2.42. The number of rotatable bonds is 8. The molecule has 124 valence electrons. The molecule has 0 spiro atoms. The fraction of sp³-hybridized carbons (Fsp3) is 0.929. The van der Waals surface area contributed by atoms with Crippen molar-refractivity contribution in [2.75, 3.05) is 6.61 Å². The second-order valence-electron chi connectivity index (χ2n) is 5.59. The molecular formula is C14H26O7. The van der Waals surface area contributed by atoms with Crippen LogP contribution in [0.25, 0.3) is 0 Å². The van der Waals surface area contributed by atoms with Crippen molar-refractivity contribution >= 4 is 5.97 Å². The van der Waals surface area contributed by atoms with Crippen LogP contribution in [-0.4, -0.2) is 68.6 Å². The van der Waals surface area contributed by atoms with E-state index >= 15 is 0 Å². The van der Waals surface area contributed by atoms with Gasteiger partial charge in [-0.05, 0) is 6.42 Å². The standard InChI is InChI=1S/C14H26O7/c1-2-3-4-5-6-8(14(19)20)13-12(18)11(17)10(16)9(7-15)21-13/h8-13,15-18H,2-7H2,1H3,(H,19,20)/t8?,9-,10-,11+,12+,13?/m1/s1. The fourth-order valence-electron chi connectivity index (χ4n) is 2.68. The van der Waals surface area contributed by atoms with Gasteiger partial charge in [-0.3, -0.25) is 4.79 Å². The molecule has 0 amide bonds. The molecule has 1 rings (SSSR count). The molecule has 6 atom stereocenters. The molecule has 0 aliphatic carbocycles. The molecule has 7 nitrogen and oxygen atoms in total. The Bertz CT molecular complexity index is 320. The Kier molecular flexibility index (Phi) is 7.55. The molecule has 0 aromatic rings. The van der Waals surface area contributed by atoms with Crippen LogP contribution in [0, 0.1) is 5.92 Å². The van der Waals surface area contributed by atoms with Crippen molar-refractivity contribution in [3.63, 3.8) is 0 Å². The first-order valence-electron chi connectivity index (χ1n) is 7.47. The van der Waals surface area contributed by atoms with Gasteiger partial charge in [-0.1, -0.05) is 32.6 Å². The Hall–Kier alpha value is -0.730. The summed E-state index contributed by atoms with van der Waals surface area (Å²) < 4.78 is 5.32. The minimum atomic E-state index is -1.53. The zero-order valence-electron chi connectivity index (χ0n) is 12.3. The number of aliphatic hydroxyl groups is 4. The van der Waals surface area contributed by atoms with E-state index < -0.39 is 49.0 Å². The van der Waals surface area contributed by atoms with Crippen LogP contribution in [0.4, 0.5) is 0 Å². The summed E-state index contributed by atoms with van der Waals surface area (Å²) in [6.45, 7) is 1.50. The largest absolute Gasteiger partial charge is 0.481 e. The minimum Gasteiger partial charge on any atom is -0.481 e. The summed E-state index contributed by atoms with van der Waals surface area (Å²) in [5, 5.41) is 47.8. The van der Waals surface area contributed by atoms with E-state index in [1.54, 1.807) is 0 Å². The van der Waals surface area contributed by atoms with Crippen molar-refractivity contribution in [1.29, 1.82) is 0 Å². The van der Waals surface area contributed by atoms with Gasteiger partial charge in [0.25, 0.3) is 0 Å². The molecule has 2 unspecified atom stereocenters. The SMILES string of the molecule is CCCCCCC(C(=O)O)C1O[C@H](CO)[C@@H](O)[C@H](O)[C@@H]1O. The number of carboxylic acids is 1. The Balaban J connectivity index is 2.73. The maximum atomic E-state index is 11.4. The molecule has 1 heterocycles.